The Morgan fingerprint density at radius 3 is 2.60 bits per heavy atom. The Kier molecular flexibility index (Phi) is 2.68. The van der Waals surface area contributed by atoms with Crippen LogP contribution in [-0.2, 0) is 0 Å². The average molecular weight is 272 g/mol. The van der Waals surface area contributed by atoms with E-state index in [9.17, 15) is 10.1 Å². The van der Waals surface area contributed by atoms with E-state index in [1.165, 1.54) is 12.1 Å². The average Bonchev–Trinajstić information content (AvgIpc) is 3.06. The van der Waals surface area contributed by atoms with Crippen LogP contribution in [0.1, 0.15) is 0 Å². The maximum atomic E-state index is 10.6. The quantitative estimate of drug-likeness (QED) is 0.574. The Morgan fingerprint density at radius 1 is 1.20 bits per heavy atom. The normalized spacial score (nSPS) is 10.6. The minimum absolute atomic E-state index is 0.102. The van der Waals surface area contributed by atoms with Crippen molar-refractivity contribution in [2.75, 3.05) is 5.73 Å². The molecular formula is C12H8N4O4. The molecule has 3 aromatic heterocycles. The zero-order chi connectivity index (χ0) is 14.1. The predicted octanol–water partition coefficient (Wildman–Crippen LogP) is 2.49. The van der Waals surface area contributed by atoms with E-state index in [-0.39, 0.29) is 17.5 Å². The molecule has 2 N–H and O–H groups in total. The molecule has 20 heavy (non-hydrogen) atoms. The molecule has 0 bridgehead atoms. The maximum Gasteiger partial charge on any atom is 0.433 e. The Labute approximate surface area is 112 Å². The molecule has 0 saturated heterocycles. The van der Waals surface area contributed by atoms with E-state index in [1.807, 2.05) is 0 Å². The van der Waals surface area contributed by atoms with Crippen LogP contribution in [0.2, 0.25) is 0 Å². The second-order valence-corrected chi connectivity index (χ2v) is 3.90. The fourth-order valence-corrected chi connectivity index (χ4v) is 1.82. The van der Waals surface area contributed by atoms with Crippen molar-refractivity contribution in [3.63, 3.8) is 0 Å². The minimum Gasteiger partial charge on any atom is -0.399 e. The molecule has 0 atom stereocenters. The van der Waals surface area contributed by atoms with Crippen molar-refractivity contribution < 1.29 is 13.9 Å². The molecule has 0 aromatic carbocycles. The number of anilines is 1. The lowest BCUT2D eigenvalue weighted by Gasteiger charge is -1.99. The predicted molar refractivity (Wildman–Crippen MR) is 68.5 cm³/mol. The summed E-state index contributed by atoms with van der Waals surface area (Å²) in [5, 5.41) is 14.4. The van der Waals surface area contributed by atoms with Gasteiger partial charge in [0.05, 0.1) is 11.6 Å². The standard InChI is InChI=1S/C12H8N4O4/c13-12-10(7-3-5-14-6-4-7)11(15-20-12)8-1-2-9(19-8)16(17)18/h1-6H,13H2. The number of hydrogen-bond acceptors (Lipinski definition) is 7. The number of hydrogen-bond donors (Lipinski definition) is 1. The lowest BCUT2D eigenvalue weighted by atomic mass is 10.1. The molecule has 0 aliphatic carbocycles. The molecule has 0 unspecified atom stereocenters. The van der Waals surface area contributed by atoms with Gasteiger partial charge in [0.15, 0.2) is 11.5 Å². The summed E-state index contributed by atoms with van der Waals surface area (Å²) in [5.74, 6) is -0.0588. The second-order valence-electron chi connectivity index (χ2n) is 3.90. The van der Waals surface area contributed by atoms with E-state index in [0.29, 0.717) is 11.3 Å². The van der Waals surface area contributed by atoms with E-state index < -0.39 is 4.92 Å². The number of pyridine rings is 1. The molecule has 100 valence electrons. The van der Waals surface area contributed by atoms with Crippen LogP contribution in [0.4, 0.5) is 11.8 Å². The topological polar surface area (TPSA) is 121 Å². The zero-order valence-corrected chi connectivity index (χ0v) is 10.0. The van der Waals surface area contributed by atoms with Crippen molar-refractivity contribution in [1.82, 2.24) is 10.1 Å². The number of nitro groups is 1. The molecule has 0 aliphatic rings. The molecule has 0 fully saturated rings. The van der Waals surface area contributed by atoms with Crippen molar-refractivity contribution in [3.05, 3.63) is 46.8 Å². The molecule has 0 spiro atoms. The van der Waals surface area contributed by atoms with Crippen molar-refractivity contribution >= 4 is 11.8 Å². The van der Waals surface area contributed by atoms with Crippen LogP contribution in [0.25, 0.3) is 22.6 Å². The number of nitrogens with zero attached hydrogens (tertiary/aromatic N) is 3. The fraction of sp³-hybridized carbons (Fsp3) is 0. The summed E-state index contributed by atoms with van der Waals surface area (Å²) in [4.78, 5) is 13.9. The summed E-state index contributed by atoms with van der Waals surface area (Å²) < 4.78 is 10.1. The number of nitrogens with two attached hydrogens (primary N) is 1. The Hall–Kier alpha value is -3.16. The summed E-state index contributed by atoms with van der Waals surface area (Å²) in [5.41, 5.74) is 7.30. The molecule has 0 aliphatic heterocycles. The van der Waals surface area contributed by atoms with Gasteiger partial charge in [-0.1, -0.05) is 5.16 Å². The molecule has 3 aromatic rings. The van der Waals surface area contributed by atoms with E-state index in [1.54, 1.807) is 24.5 Å². The first-order valence-corrected chi connectivity index (χ1v) is 5.57. The van der Waals surface area contributed by atoms with Crippen molar-refractivity contribution in [2.24, 2.45) is 0 Å². The third-order valence-corrected chi connectivity index (χ3v) is 2.69. The van der Waals surface area contributed by atoms with Gasteiger partial charge in [0, 0.05) is 12.4 Å². The SMILES string of the molecule is Nc1onc(-c2ccc([N+](=O)[O-])o2)c1-c1ccncc1. The highest BCUT2D eigenvalue weighted by molar-refractivity contribution is 5.85. The number of rotatable bonds is 3. The highest BCUT2D eigenvalue weighted by atomic mass is 16.6. The number of nitrogen functional groups attached to an aromatic ring is 1. The molecule has 0 amide bonds. The summed E-state index contributed by atoms with van der Waals surface area (Å²) >= 11 is 0. The second kappa shape index (κ2) is 4.50. The van der Waals surface area contributed by atoms with Crippen molar-refractivity contribution in [1.29, 1.82) is 0 Å². The van der Waals surface area contributed by atoms with Gasteiger partial charge >= 0.3 is 5.88 Å². The van der Waals surface area contributed by atoms with E-state index in [2.05, 4.69) is 10.1 Å². The van der Waals surface area contributed by atoms with Crippen LogP contribution in [0.3, 0.4) is 0 Å². The van der Waals surface area contributed by atoms with E-state index in [4.69, 9.17) is 14.7 Å². The largest absolute Gasteiger partial charge is 0.433 e. The van der Waals surface area contributed by atoms with Crippen LogP contribution in [0.5, 0.6) is 0 Å². The summed E-state index contributed by atoms with van der Waals surface area (Å²) in [6.45, 7) is 0. The van der Waals surface area contributed by atoms with Gasteiger partial charge in [-0.2, -0.15) is 0 Å². The lowest BCUT2D eigenvalue weighted by Crippen LogP contribution is -1.87. The lowest BCUT2D eigenvalue weighted by molar-refractivity contribution is -0.401. The van der Waals surface area contributed by atoms with Crippen LogP contribution in [0, 0.1) is 10.1 Å². The number of furan rings is 1. The van der Waals surface area contributed by atoms with Gasteiger partial charge in [0.2, 0.25) is 5.88 Å². The van der Waals surface area contributed by atoms with Gasteiger partial charge in [0.1, 0.15) is 4.92 Å². The first-order chi connectivity index (χ1) is 9.66. The van der Waals surface area contributed by atoms with Crippen LogP contribution in [-0.4, -0.2) is 15.1 Å². The van der Waals surface area contributed by atoms with Gasteiger partial charge in [0.25, 0.3) is 0 Å². The summed E-state index contributed by atoms with van der Waals surface area (Å²) in [6, 6.07) is 6.14. The smallest absolute Gasteiger partial charge is 0.399 e. The fourth-order valence-electron chi connectivity index (χ4n) is 1.82. The maximum absolute atomic E-state index is 10.6. The third-order valence-electron chi connectivity index (χ3n) is 2.69. The molecule has 3 heterocycles. The molecule has 8 nitrogen and oxygen atoms in total. The Morgan fingerprint density at radius 2 is 1.95 bits per heavy atom. The first kappa shape index (κ1) is 11.9. The van der Waals surface area contributed by atoms with Gasteiger partial charge in [-0.05, 0) is 23.8 Å². The molecule has 3 rings (SSSR count). The van der Waals surface area contributed by atoms with Crippen molar-refractivity contribution in [2.45, 2.75) is 0 Å². The molecule has 0 radical (unpaired) electrons. The summed E-state index contributed by atoms with van der Waals surface area (Å²) in [7, 11) is 0. The van der Waals surface area contributed by atoms with Gasteiger partial charge in [-0.15, -0.1) is 0 Å². The van der Waals surface area contributed by atoms with Gasteiger partial charge in [-0.25, -0.2) is 0 Å². The number of aromatic nitrogens is 2. The zero-order valence-electron chi connectivity index (χ0n) is 10.0. The monoisotopic (exact) mass is 272 g/mol. The van der Waals surface area contributed by atoms with Gasteiger partial charge in [-0.3, -0.25) is 15.1 Å². The first-order valence-electron chi connectivity index (χ1n) is 5.57. The van der Waals surface area contributed by atoms with Crippen LogP contribution >= 0.6 is 0 Å². The molecule has 8 heteroatoms. The molecular weight excluding hydrogens is 264 g/mol. The minimum atomic E-state index is -0.626. The third kappa shape index (κ3) is 1.88. The van der Waals surface area contributed by atoms with Crippen LogP contribution in [0.15, 0.2) is 45.6 Å². The van der Waals surface area contributed by atoms with Gasteiger partial charge < -0.3 is 14.7 Å². The van der Waals surface area contributed by atoms with Crippen molar-refractivity contribution in [3.8, 4) is 22.6 Å². The highest BCUT2D eigenvalue weighted by Crippen LogP contribution is 2.37. The Bertz CT molecular complexity index is 763. The van der Waals surface area contributed by atoms with E-state index in [0.717, 1.165) is 5.56 Å². The Balaban J connectivity index is 2.13. The molecule has 0 saturated carbocycles. The highest BCUT2D eigenvalue weighted by Gasteiger charge is 2.22. The van der Waals surface area contributed by atoms with Crippen LogP contribution < -0.4 is 5.73 Å². The van der Waals surface area contributed by atoms with E-state index >= 15 is 0 Å². The summed E-state index contributed by atoms with van der Waals surface area (Å²) in [6.07, 6.45) is 3.19.